The van der Waals surface area contributed by atoms with Crippen molar-refractivity contribution >= 4 is 45.9 Å². The second-order valence-corrected chi connectivity index (χ2v) is 8.05. The van der Waals surface area contributed by atoms with Crippen molar-refractivity contribution < 1.29 is 14.7 Å². The number of piperazine rings is 1. The molecule has 1 saturated heterocycles. The number of pyridine rings is 1. The molecule has 1 aromatic carbocycles. The van der Waals surface area contributed by atoms with Crippen LogP contribution in [-0.4, -0.2) is 70.5 Å². The number of para-hydroxylation sites is 1. The van der Waals surface area contributed by atoms with Crippen molar-refractivity contribution in [2.75, 3.05) is 33.2 Å². The van der Waals surface area contributed by atoms with Crippen LogP contribution in [0.5, 0.6) is 0 Å². The number of likely N-dealkylation sites (N-methyl/N-ethyl adjacent to an activating group) is 1. The van der Waals surface area contributed by atoms with E-state index in [1.54, 1.807) is 6.20 Å². The molecule has 4 rings (SSSR count). The molecule has 7 nitrogen and oxygen atoms in total. The summed E-state index contributed by atoms with van der Waals surface area (Å²) >= 11 is 2.29. The molecule has 1 fully saturated rings. The maximum absolute atomic E-state index is 12.7. The first-order valence-corrected chi connectivity index (χ1v) is 10.4. The van der Waals surface area contributed by atoms with E-state index in [1.807, 2.05) is 23.2 Å². The Kier molecular flexibility index (Phi) is 7.21. The van der Waals surface area contributed by atoms with E-state index in [9.17, 15) is 4.79 Å². The number of aromatic amines is 1. The van der Waals surface area contributed by atoms with Crippen LogP contribution in [0.15, 0.2) is 42.7 Å². The summed E-state index contributed by atoms with van der Waals surface area (Å²) in [7, 11) is 2.09. The smallest absolute Gasteiger partial charge is 0.290 e. The molecule has 1 aliphatic heterocycles. The minimum absolute atomic E-state index is 0.0853. The van der Waals surface area contributed by atoms with Gasteiger partial charge in [0.1, 0.15) is 0 Å². The highest BCUT2D eigenvalue weighted by molar-refractivity contribution is 14.1. The third-order valence-corrected chi connectivity index (χ3v) is 5.92. The lowest BCUT2D eigenvalue weighted by molar-refractivity contribution is -0.122. The topological polar surface area (TPSA) is 89.5 Å². The lowest BCUT2D eigenvalue weighted by atomic mass is 10.1. The number of aromatic nitrogens is 2. The number of nitrogens with one attached hydrogen (secondary N) is 1. The van der Waals surface area contributed by atoms with Gasteiger partial charge in [-0.15, -0.1) is 0 Å². The summed E-state index contributed by atoms with van der Waals surface area (Å²) in [6, 6.07) is 10.3. The lowest BCUT2D eigenvalue weighted by Crippen LogP contribution is -2.47. The van der Waals surface area contributed by atoms with Gasteiger partial charge in [0.15, 0.2) is 0 Å². The zero-order valence-electron chi connectivity index (χ0n) is 16.1. The molecule has 0 spiro atoms. The minimum Gasteiger partial charge on any atom is -0.483 e. The summed E-state index contributed by atoms with van der Waals surface area (Å²) in [5.41, 5.74) is 4.05. The normalized spacial score (nSPS) is 14.3. The Hall–Kier alpha value is -2.46. The van der Waals surface area contributed by atoms with E-state index in [4.69, 9.17) is 9.90 Å². The molecule has 0 unspecified atom stereocenters. The summed E-state index contributed by atoms with van der Waals surface area (Å²) in [4.78, 5) is 33.2. The number of benzene rings is 1. The monoisotopic (exact) mass is 506 g/mol. The molecular formula is C21H23IN4O3. The fourth-order valence-electron chi connectivity index (χ4n) is 3.36. The standard InChI is InChI=1S/C20H21IN4O.CH2O2/c1-24-6-8-25(9-7-24)20(26)15-10-17(21)19(23-13-15)11-14-12-22-18-5-3-2-4-16(14)18;2-1-3/h2-5,10,12-13,22H,6-9,11H2,1H3;1H,(H,2,3). The number of hydrogen-bond donors (Lipinski definition) is 2. The average molecular weight is 506 g/mol. The number of carbonyl (C=O) groups excluding carboxylic acids is 1. The number of H-pyrrole nitrogens is 1. The van der Waals surface area contributed by atoms with Gasteiger partial charge in [0.05, 0.1) is 11.3 Å². The van der Waals surface area contributed by atoms with Crippen LogP contribution in [-0.2, 0) is 11.2 Å². The van der Waals surface area contributed by atoms with Gasteiger partial charge in [-0.3, -0.25) is 14.6 Å². The van der Waals surface area contributed by atoms with E-state index in [1.165, 1.54) is 10.9 Å². The van der Waals surface area contributed by atoms with Crippen LogP contribution in [0.25, 0.3) is 10.9 Å². The molecule has 152 valence electrons. The van der Waals surface area contributed by atoms with Crippen LogP contribution >= 0.6 is 22.6 Å². The molecule has 0 saturated carbocycles. The summed E-state index contributed by atoms with van der Waals surface area (Å²) in [5, 5.41) is 8.11. The number of nitrogens with zero attached hydrogens (tertiary/aromatic N) is 3. The number of amides is 1. The van der Waals surface area contributed by atoms with E-state index in [2.05, 4.69) is 62.7 Å². The molecule has 1 aliphatic rings. The number of rotatable bonds is 3. The van der Waals surface area contributed by atoms with Gasteiger partial charge in [-0.2, -0.15) is 0 Å². The van der Waals surface area contributed by atoms with Crippen molar-refractivity contribution in [2.24, 2.45) is 0 Å². The van der Waals surface area contributed by atoms with Crippen LogP contribution in [0, 0.1) is 3.57 Å². The number of carboxylic acid groups (broad SMARTS) is 1. The van der Waals surface area contributed by atoms with Gasteiger partial charge in [0.2, 0.25) is 0 Å². The first kappa shape index (κ1) is 21.3. The Morgan fingerprint density at radius 1 is 1.28 bits per heavy atom. The third kappa shape index (κ3) is 5.13. The van der Waals surface area contributed by atoms with Crippen LogP contribution in [0.3, 0.4) is 0 Å². The van der Waals surface area contributed by atoms with Crippen molar-refractivity contribution in [3.8, 4) is 0 Å². The van der Waals surface area contributed by atoms with Crippen molar-refractivity contribution in [3.05, 3.63) is 63.1 Å². The highest BCUT2D eigenvalue weighted by Gasteiger charge is 2.21. The highest BCUT2D eigenvalue weighted by atomic mass is 127. The van der Waals surface area contributed by atoms with E-state index in [-0.39, 0.29) is 12.4 Å². The molecule has 29 heavy (non-hydrogen) atoms. The van der Waals surface area contributed by atoms with Crippen LogP contribution in [0.4, 0.5) is 0 Å². The molecule has 2 N–H and O–H groups in total. The van der Waals surface area contributed by atoms with Crippen molar-refractivity contribution in [2.45, 2.75) is 6.42 Å². The van der Waals surface area contributed by atoms with Gasteiger partial charge in [-0.05, 0) is 47.3 Å². The fourth-order valence-corrected chi connectivity index (χ4v) is 4.03. The molecule has 2 aromatic heterocycles. The molecule has 8 heteroatoms. The Morgan fingerprint density at radius 2 is 1.97 bits per heavy atom. The van der Waals surface area contributed by atoms with Crippen molar-refractivity contribution in [1.29, 1.82) is 0 Å². The number of halogens is 1. The SMILES string of the molecule is CN1CCN(C(=O)c2cnc(Cc3c[nH]c4ccccc34)c(I)c2)CC1.O=CO. The summed E-state index contributed by atoms with van der Waals surface area (Å²) < 4.78 is 1.04. The summed E-state index contributed by atoms with van der Waals surface area (Å²) in [6.45, 7) is 3.16. The average Bonchev–Trinajstić information content (AvgIpc) is 3.13. The maximum atomic E-state index is 12.7. The van der Waals surface area contributed by atoms with Gasteiger partial charge >= 0.3 is 0 Å². The van der Waals surface area contributed by atoms with E-state index < -0.39 is 0 Å². The Labute approximate surface area is 182 Å². The second-order valence-electron chi connectivity index (χ2n) is 6.89. The Balaban J connectivity index is 0.000000755. The third-order valence-electron chi connectivity index (χ3n) is 4.99. The van der Waals surface area contributed by atoms with E-state index in [0.29, 0.717) is 5.56 Å². The zero-order chi connectivity index (χ0) is 20.8. The van der Waals surface area contributed by atoms with Crippen LogP contribution in [0.1, 0.15) is 21.6 Å². The molecule has 3 aromatic rings. The Morgan fingerprint density at radius 3 is 2.66 bits per heavy atom. The van der Waals surface area contributed by atoms with Gasteiger partial charge in [-0.25, -0.2) is 0 Å². The molecule has 1 amide bonds. The quantitative estimate of drug-likeness (QED) is 0.422. The van der Waals surface area contributed by atoms with Gasteiger partial charge in [0, 0.05) is 59.5 Å². The molecule has 0 aliphatic carbocycles. The number of hydrogen-bond acceptors (Lipinski definition) is 4. The first-order chi connectivity index (χ1) is 14.0. The highest BCUT2D eigenvalue weighted by Crippen LogP contribution is 2.23. The molecule has 0 radical (unpaired) electrons. The van der Waals surface area contributed by atoms with Gasteiger partial charge in [-0.1, -0.05) is 18.2 Å². The van der Waals surface area contributed by atoms with Crippen molar-refractivity contribution in [3.63, 3.8) is 0 Å². The van der Waals surface area contributed by atoms with Gasteiger partial charge in [0.25, 0.3) is 12.4 Å². The predicted molar refractivity (Wildman–Crippen MR) is 120 cm³/mol. The summed E-state index contributed by atoms with van der Waals surface area (Å²) in [5.74, 6) is 0.0853. The van der Waals surface area contributed by atoms with E-state index in [0.717, 1.165) is 47.4 Å². The zero-order valence-corrected chi connectivity index (χ0v) is 18.3. The summed E-state index contributed by atoms with van der Waals surface area (Å²) in [6.07, 6.45) is 4.53. The van der Waals surface area contributed by atoms with E-state index >= 15 is 0 Å². The Bertz CT molecular complexity index is 997. The predicted octanol–water partition coefficient (Wildman–Crippen LogP) is 2.85. The lowest BCUT2D eigenvalue weighted by Gasteiger charge is -2.32. The van der Waals surface area contributed by atoms with Crippen LogP contribution in [0.2, 0.25) is 0 Å². The largest absolute Gasteiger partial charge is 0.483 e. The maximum Gasteiger partial charge on any atom is 0.290 e. The van der Waals surface area contributed by atoms with Crippen molar-refractivity contribution in [1.82, 2.24) is 19.8 Å². The number of carbonyl (C=O) groups is 2. The fraction of sp³-hybridized carbons (Fsp3) is 0.286. The molecular weight excluding hydrogens is 483 g/mol. The second kappa shape index (κ2) is 9.84. The molecule has 0 atom stereocenters. The first-order valence-electron chi connectivity index (χ1n) is 9.28. The van der Waals surface area contributed by atoms with Crippen LogP contribution < -0.4 is 0 Å². The molecule has 0 bridgehead atoms. The van der Waals surface area contributed by atoms with Gasteiger partial charge < -0.3 is 19.9 Å². The number of fused-ring (bicyclic) bond motifs is 1. The molecule has 3 heterocycles. The minimum atomic E-state index is -0.250.